The van der Waals surface area contributed by atoms with Gasteiger partial charge in [0.15, 0.2) is 0 Å². The Morgan fingerprint density at radius 3 is 1.70 bits per heavy atom. The van der Waals surface area contributed by atoms with Crippen molar-refractivity contribution >= 4 is 60.9 Å². The van der Waals surface area contributed by atoms with E-state index in [2.05, 4.69) is 261 Å². The summed E-state index contributed by atoms with van der Waals surface area (Å²) in [6.45, 7) is 4.70. The maximum atomic E-state index is 7.40. The SMILES string of the molecule is CC1(C)c2ccccc2-c2ccc(N(c3cccc(-c4ccccc4)c3)c3ccc4c(c3)oc3c(-c5ccc6c(c5)C(c5ccccc5)(c5ccccc5)c5ccccc5-6)c5c(cc34)oc3ccccc35)cc21. The van der Waals surface area contributed by atoms with Crippen molar-refractivity contribution in [2.24, 2.45) is 0 Å². The number of hydrogen-bond donors (Lipinski definition) is 0. The predicted octanol–water partition coefficient (Wildman–Crippen LogP) is 19.0. The molecule has 0 saturated heterocycles. The minimum absolute atomic E-state index is 0.165. The van der Waals surface area contributed by atoms with Gasteiger partial charge >= 0.3 is 0 Å². The first-order chi connectivity index (χ1) is 35.9. The zero-order valence-corrected chi connectivity index (χ0v) is 40.4. The molecule has 73 heavy (non-hydrogen) atoms. The quantitative estimate of drug-likeness (QED) is 0.159. The molecule has 0 radical (unpaired) electrons. The fourth-order valence-corrected chi connectivity index (χ4v) is 12.9. The molecule has 11 aromatic carbocycles. The van der Waals surface area contributed by atoms with Crippen molar-refractivity contribution in [3.8, 4) is 44.5 Å². The lowest BCUT2D eigenvalue weighted by molar-refractivity contribution is 0.660. The molecule has 13 aromatic rings. The number of hydrogen-bond acceptors (Lipinski definition) is 3. The Hall–Kier alpha value is -9.18. The lowest BCUT2D eigenvalue weighted by Crippen LogP contribution is -2.28. The molecular weight excluding hydrogens is 887 g/mol. The summed E-state index contributed by atoms with van der Waals surface area (Å²) in [6, 6.07) is 90.8. The average molecular weight is 934 g/mol. The van der Waals surface area contributed by atoms with Gasteiger partial charge in [-0.05, 0) is 127 Å². The molecule has 344 valence electrons. The van der Waals surface area contributed by atoms with Crippen LogP contribution in [0.25, 0.3) is 88.4 Å². The summed E-state index contributed by atoms with van der Waals surface area (Å²) in [7, 11) is 0. The van der Waals surface area contributed by atoms with Crippen LogP contribution in [0.3, 0.4) is 0 Å². The van der Waals surface area contributed by atoms with Crippen molar-refractivity contribution in [1.29, 1.82) is 0 Å². The number of benzene rings is 11. The second-order valence-corrected chi connectivity index (χ2v) is 20.3. The molecule has 0 atom stereocenters. The molecule has 0 aliphatic heterocycles. The van der Waals surface area contributed by atoms with E-state index in [0.717, 1.165) is 77.6 Å². The molecule has 0 fully saturated rings. The van der Waals surface area contributed by atoms with Crippen LogP contribution in [0, 0.1) is 0 Å². The van der Waals surface area contributed by atoms with E-state index < -0.39 is 5.41 Å². The van der Waals surface area contributed by atoms with Crippen LogP contribution in [0.4, 0.5) is 17.1 Å². The van der Waals surface area contributed by atoms with Gasteiger partial charge in [0.2, 0.25) is 0 Å². The first kappa shape index (κ1) is 41.6. The maximum absolute atomic E-state index is 7.40. The summed E-state index contributed by atoms with van der Waals surface area (Å²) in [4.78, 5) is 2.39. The summed E-state index contributed by atoms with van der Waals surface area (Å²) in [5.41, 5.74) is 22.9. The van der Waals surface area contributed by atoms with Crippen molar-refractivity contribution in [2.75, 3.05) is 4.90 Å². The molecule has 0 N–H and O–H groups in total. The van der Waals surface area contributed by atoms with Gasteiger partial charge in [-0.25, -0.2) is 0 Å². The van der Waals surface area contributed by atoms with Gasteiger partial charge in [-0.1, -0.05) is 202 Å². The Kier molecular flexibility index (Phi) is 8.92. The van der Waals surface area contributed by atoms with E-state index in [-0.39, 0.29) is 5.41 Å². The Morgan fingerprint density at radius 1 is 0.329 bits per heavy atom. The minimum atomic E-state index is -0.560. The zero-order valence-electron chi connectivity index (χ0n) is 40.4. The number of fused-ring (bicyclic) bond motifs is 12. The van der Waals surface area contributed by atoms with E-state index in [1.54, 1.807) is 0 Å². The number of furan rings is 2. The van der Waals surface area contributed by atoms with E-state index in [0.29, 0.717) is 0 Å². The van der Waals surface area contributed by atoms with Gasteiger partial charge < -0.3 is 13.7 Å². The zero-order chi connectivity index (χ0) is 48.4. The summed E-state index contributed by atoms with van der Waals surface area (Å²) >= 11 is 0. The molecule has 2 aliphatic carbocycles. The standard InChI is InChI=1S/C70H47NO2/c1-69(2)59-30-15-12-27-52(59)54-37-34-50(41-61(54)69)71(49-26-18-21-45(39-49)44-19-6-3-7-20-44)51-35-38-56-58-43-65-67(57-29-14-17-32-63(57)72-65)66(68(58)73-64(56)42-51)46-33-36-55-53-28-13-16-31-60(53)70(62(55)40-46,47-22-8-4-9-23-47)48-24-10-5-11-25-48/h3-43H,1-2H3. The number of nitrogens with zero attached hydrogens (tertiary/aromatic N) is 1. The van der Waals surface area contributed by atoms with Crippen molar-refractivity contribution < 1.29 is 8.83 Å². The Labute approximate surface area is 423 Å². The second kappa shape index (κ2) is 15.7. The Morgan fingerprint density at radius 2 is 0.918 bits per heavy atom. The van der Waals surface area contributed by atoms with E-state index in [1.165, 1.54) is 61.2 Å². The molecule has 0 amide bonds. The molecule has 0 saturated carbocycles. The van der Waals surface area contributed by atoms with E-state index in [1.807, 2.05) is 6.07 Å². The lowest BCUT2D eigenvalue weighted by Gasteiger charge is -2.34. The molecule has 3 heteroatoms. The molecular formula is C70H47NO2. The van der Waals surface area contributed by atoms with Crippen LogP contribution in [0.5, 0.6) is 0 Å². The fourth-order valence-electron chi connectivity index (χ4n) is 12.9. The van der Waals surface area contributed by atoms with Crippen LogP contribution in [0.2, 0.25) is 0 Å². The molecule has 2 aromatic heterocycles. The first-order valence-corrected chi connectivity index (χ1v) is 25.3. The molecule has 3 nitrogen and oxygen atoms in total. The molecule has 0 unspecified atom stereocenters. The van der Waals surface area contributed by atoms with Crippen LogP contribution in [-0.2, 0) is 10.8 Å². The number of rotatable bonds is 7. The summed E-state index contributed by atoms with van der Waals surface area (Å²) in [5.74, 6) is 0. The van der Waals surface area contributed by atoms with Crippen LogP contribution in [-0.4, -0.2) is 0 Å². The second-order valence-electron chi connectivity index (χ2n) is 20.3. The lowest BCUT2D eigenvalue weighted by atomic mass is 9.67. The Bertz CT molecular complexity index is 4310. The third kappa shape index (κ3) is 6.00. The highest BCUT2D eigenvalue weighted by Crippen LogP contribution is 2.58. The van der Waals surface area contributed by atoms with Crippen LogP contribution in [0.15, 0.2) is 258 Å². The number of anilines is 3. The van der Waals surface area contributed by atoms with Crippen molar-refractivity contribution in [1.82, 2.24) is 0 Å². The number of para-hydroxylation sites is 1. The highest BCUT2D eigenvalue weighted by molar-refractivity contribution is 6.24. The van der Waals surface area contributed by atoms with Gasteiger partial charge in [0.1, 0.15) is 22.3 Å². The summed E-state index contributed by atoms with van der Waals surface area (Å²) in [5, 5.41) is 4.15. The molecule has 0 spiro atoms. The minimum Gasteiger partial charge on any atom is -0.456 e. The van der Waals surface area contributed by atoms with E-state index in [9.17, 15) is 0 Å². The monoisotopic (exact) mass is 933 g/mol. The highest BCUT2D eigenvalue weighted by atomic mass is 16.3. The van der Waals surface area contributed by atoms with Gasteiger partial charge in [0.05, 0.1) is 5.41 Å². The third-order valence-corrected chi connectivity index (χ3v) is 16.1. The fraction of sp³-hybridized carbons (Fsp3) is 0.0571. The van der Waals surface area contributed by atoms with E-state index >= 15 is 0 Å². The van der Waals surface area contributed by atoms with Crippen molar-refractivity contribution in [3.05, 3.63) is 282 Å². The normalized spacial score (nSPS) is 13.8. The van der Waals surface area contributed by atoms with Crippen molar-refractivity contribution in [3.63, 3.8) is 0 Å². The topological polar surface area (TPSA) is 29.5 Å². The van der Waals surface area contributed by atoms with Gasteiger partial charge in [-0.3, -0.25) is 0 Å². The largest absolute Gasteiger partial charge is 0.456 e. The Balaban J connectivity index is 0.969. The molecule has 0 bridgehead atoms. The molecule has 2 heterocycles. The van der Waals surface area contributed by atoms with Gasteiger partial charge in [-0.2, -0.15) is 0 Å². The van der Waals surface area contributed by atoms with Gasteiger partial charge in [0.25, 0.3) is 0 Å². The van der Waals surface area contributed by atoms with Crippen LogP contribution >= 0.6 is 0 Å². The van der Waals surface area contributed by atoms with Crippen LogP contribution < -0.4 is 4.90 Å². The van der Waals surface area contributed by atoms with Gasteiger partial charge in [-0.15, -0.1) is 0 Å². The van der Waals surface area contributed by atoms with Crippen LogP contribution in [0.1, 0.15) is 47.2 Å². The summed E-state index contributed by atoms with van der Waals surface area (Å²) in [6.07, 6.45) is 0. The summed E-state index contributed by atoms with van der Waals surface area (Å²) < 4.78 is 14.2. The maximum Gasteiger partial charge on any atom is 0.144 e. The highest BCUT2D eigenvalue weighted by Gasteiger charge is 2.46. The van der Waals surface area contributed by atoms with E-state index in [4.69, 9.17) is 8.83 Å². The van der Waals surface area contributed by atoms with Crippen molar-refractivity contribution in [2.45, 2.75) is 24.7 Å². The molecule has 15 rings (SSSR count). The molecule has 2 aliphatic rings. The predicted molar refractivity (Wildman–Crippen MR) is 301 cm³/mol. The smallest absolute Gasteiger partial charge is 0.144 e. The first-order valence-electron chi connectivity index (χ1n) is 25.3. The third-order valence-electron chi connectivity index (χ3n) is 16.1. The average Bonchev–Trinajstić information content (AvgIpc) is 4.16. The van der Waals surface area contributed by atoms with Gasteiger partial charge in [0, 0.05) is 55.7 Å².